The fourth-order valence-corrected chi connectivity index (χ4v) is 3.41. The van der Waals surface area contributed by atoms with E-state index in [1.807, 2.05) is 36.6 Å². The minimum absolute atomic E-state index is 0.171. The molecule has 0 saturated heterocycles. The minimum Gasteiger partial charge on any atom is -0.496 e. The number of anilines is 1. The number of hydrogen-bond donors (Lipinski definition) is 2. The fourth-order valence-electron chi connectivity index (χ4n) is 2.81. The second-order valence-electron chi connectivity index (χ2n) is 6.34. The van der Waals surface area contributed by atoms with Crippen LogP contribution in [-0.4, -0.2) is 33.2 Å². The number of aryl methyl sites for hydroxylation is 1. The molecule has 0 radical (unpaired) electrons. The van der Waals surface area contributed by atoms with E-state index in [0.29, 0.717) is 29.5 Å². The summed E-state index contributed by atoms with van der Waals surface area (Å²) >= 11 is 1.57. The van der Waals surface area contributed by atoms with E-state index in [-0.39, 0.29) is 11.9 Å². The van der Waals surface area contributed by atoms with Crippen LogP contribution in [0.15, 0.2) is 53.9 Å². The lowest BCUT2D eigenvalue weighted by molar-refractivity contribution is 0.102. The van der Waals surface area contributed by atoms with Gasteiger partial charge in [-0.1, -0.05) is 18.2 Å². The van der Waals surface area contributed by atoms with Gasteiger partial charge in [-0.25, -0.2) is 4.98 Å². The van der Waals surface area contributed by atoms with Gasteiger partial charge in [-0.2, -0.15) is 4.98 Å². The largest absolute Gasteiger partial charge is 0.496 e. The maximum Gasteiger partial charge on any atom is 0.258 e. The summed E-state index contributed by atoms with van der Waals surface area (Å²) < 4.78 is 11.1. The van der Waals surface area contributed by atoms with Gasteiger partial charge in [0.25, 0.3) is 5.91 Å². The van der Waals surface area contributed by atoms with Crippen LogP contribution >= 0.6 is 11.3 Å². The zero-order valence-electron chi connectivity index (χ0n) is 16.4. The van der Waals surface area contributed by atoms with Crippen LogP contribution in [0.2, 0.25) is 0 Å². The Morgan fingerprint density at radius 2 is 2.03 bits per heavy atom. The summed E-state index contributed by atoms with van der Waals surface area (Å²) in [6.45, 7) is 2.29. The molecule has 4 rings (SSSR count). The van der Waals surface area contributed by atoms with Crippen molar-refractivity contribution in [3.05, 3.63) is 70.2 Å². The predicted molar refractivity (Wildman–Crippen MR) is 114 cm³/mol. The Bertz CT molecular complexity index is 1170. The number of nitrogens with one attached hydrogen (secondary N) is 2. The lowest BCUT2D eigenvalue weighted by atomic mass is 10.2. The Balaban J connectivity index is 1.43. The molecule has 2 aromatic carbocycles. The van der Waals surface area contributed by atoms with Crippen molar-refractivity contribution in [1.82, 2.24) is 20.2 Å². The van der Waals surface area contributed by atoms with Crippen molar-refractivity contribution in [3.8, 4) is 22.9 Å². The zero-order chi connectivity index (χ0) is 20.9. The van der Waals surface area contributed by atoms with Gasteiger partial charge < -0.3 is 9.47 Å². The summed E-state index contributed by atoms with van der Waals surface area (Å²) in [5.74, 6) is 1.57. The Labute approximate surface area is 176 Å². The molecule has 2 N–H and O–H groups in total. The highest BCUT2D eigenvalue weighted by molar-refractivity contribution is 7.09. The smallest absolute Gasteiger partial charge is 0.258 e. The van der Waals surface area contributed by atoms with Crippen LogP contribution < -0.4 is 14.8 Å². The first-order valence-electron chi connectivity index (χ1n) is 9.13. The number of carbonyl (C=O) groups is 1. The molecule has 2 aromatic heterocycles. The van der Waals surface area contributed by atoms with E-state index in [0.717, 1.165) is 16.3 Å². The second-order valence-corrected chi connectivity index (χ2v) is 7.40. The van der Waals surface area contributed by atoms with Crippen molar-refractivity contribution in [1.29, 1.82) is 0 Å². The molecule has 0 saturated carbocycles. The van der Waals surface area contributed by atoms with Crippen LogP contribution in [0.5, 0.6) is 11.5 Å². The molecule has 0 aliphatic carbocycles. The molecular weight excluding hydrogens is 402 g/mol. The van der Waals surface area contributed by atoms with E-state index in [4.69, 9.17) is 9.47 Å². The van der Waals surface area contributed by atoms with Crippen LogP contribution in [0.1, 0.15) is 21.1 Å². The first kappa shape index (κ1) is 19.6. The summed E-state index contributed by atoms with van der Waals surface area (Å²) in [7, 11) is 1.59. The van der Waals surface area contributed by atoms with Gasteiger partial charge in [0.2, 0.25) is 5.95 Å². The number of para-hydroxylation sites is 1. The Hall–Kier alpha value is -3.72. The van der Waals surface area contributed by atoms with Crippen LogP contribution in [0.3, 0.4) is 0 Å². The first-order valence-corrected chi connectivity index (χ1v) is 10.0. The summed E-state index contributed by atoms with van der Waals surface area (Å²) in [6.07, 6.45) is 0. The monoisotopic (exact) mass is 421 g/mol. The molecule has 1 amide bonds. The summed E-state index contributed by atoms with van der Waals surface area (Å²) in [4.78, 5) is 21.3. The number of carbonyl (C=O) groups excluding carboxylic acids is 1. The standard InChI is InChI=1S/C21H19N5O3S/c1-13-22-15(12-30-13)11-29-16-7-5-6-14(10-16)20(27)24-21-23-19(25-26-21)17-8-3-4-9-18(17)28-2/h3-10,12H,11H2,1-2H3,(H2,23,24,25,26,27). The van der Waals surface area contributed by atoms with Crippen LogP contribution in [0.25, 0.3) is 11.4 Å². The Kier molecular flexibility index (Phi) is 5.71. The van der Waals surface area contributed by atoms with Gasteiger partial charge in [0, 0.05) is 10.9 Å². The number of H-pyrrole nitrogens is 1. The maximum atomic E-state index is 12.6. The second kappa shape index (κ2) is 8.75. The number of ether oxygens (including phenoxy) is 2. The van der Waals surface area contributed by atoms with E-state index in [9.17, 15) is 4.79 Å². The number of thiazole rings is 1. The van der Waals surface area contributed by atoms with Gasteiger partial charge in [-0.3, -0.25) is 15.2 Å². The quantitative estimate of drug-likeness (QED) is 0.466. The molecule has 2 heterocycles. The number of benzene rings is 2. The molecule has 0 spiro atoms. The molecule has 0 fully saturated rings. The number of amides is 1. The van der Waals surface area contributed by atoms with Gasteiger partial charge in [-0.05, 0) is 37.3 Å². The van der Waals surface area contributed by atoms with Crippen molar-refractivity contribution < 1.29 is 14.3 Å². The third-order valence-corrected chi connectivity index (χ3v) is 5.04. The van der Waals surface area contributed by atoms with Crippen molar-refractivity contribution in [2.24, 2.45) is 0 Å². The third kappa shape index (κ3) is 4.47. The zero-order valence-corrected chi connectivity index (χ0v) is 17.2. The van der Waals surface area contributed by atoms with Crippen molar-refractivity contribution in [3.63, 3.8) is 0 Å². The lowest BCUT2D eigenvalue weighted by Gasteiger charge is -2.06. The van der Waals surface area contributed by atoms with E-state index < -0.39 is 0 Å². The summed E-state index contributed by atoms with van der Waals surface area (Å²) in [5, 5.41) is 12.5. The number of hydrogen-bond acceptors (Lipinski definition) is 7. The van der Waals surface area contributed by atoms with E-state index in [1.54, 1.807) is 42.7 Å². The molecular formula is C21H19N5O3S. The number of aromatic nitrogens is 4. The number of nitrogens with zero attached hydrogens (tertiary/aromatic N) is 3. The van der Waals surface area contributed by atoms with Gasteiger partial charge >= 0.3 is 0 Å². The molecule has 8 nitrogen and oxygen atoms in total. The number of aromatic amines is 1. The molecule has 0 unspecified atom stereocenters. The highest BCUT2D eigenvalue weighted by atomic mass is 32.1. The van der Waals surface area contributed by atoms with Gasteiger partial charge in [0.15, 0.2) is 5.82 Å². The third-order valence-electron chi connectivity index (χ3n) is 4.22. The Morgan fingerprint density at radius 1 is 1.17 bits per heavy atom. The highest BCUT2D eigenvalue weighted by Gasteiger charge is 2.14. The molecule has 9 heteroatoms. The highest BCUT2D eigenvalue weighted by Crippen LogP contribution is 2.27. The number of rotatable bonds is 7. The average Bonchev–Trinajstić information content (AvgIpc) is 3.41. The van der Waals surface area contributed by atoms with Gasteiger partial charge in [0.1, 0.15) is 18.1 Å². The molecule has 0 bridgehead atoms. The van der Waals surface area contributed by atoms with Crippen LogP contribution in [0, 0.1) is 6.92 Å². The van der Waals surface area contributed by atoms with E-state index >= 15 is 0 Å². The summed E-state index contributed by atoms with van der Waals surface area (Å²) in [6, 6.07) is 14.3. The van der Waals surface area contributed by atoms with E-state index in [1.165, 1.54) is 0 Å². The SMILES string of the molecule is COc1ccccc1-c1nc(NC(=O)c2cccc(OCc3csc(C)n3)c2)n[nH]1. The van der Waals surface area contributed by atoms with Crippen LogP contribution in [-0.2, 0) is 6.61 Å². The first-order chi connectivity index (χ1) is 14.6. The van der Waals surface area contributed by atoms with Gasteiger partial charge in [-0.15, -0.1) is 16.4 Å². The molecule has 0 aliphatic rings. The maximum absolute atomic E-state index is 12.6. The minimum atomic E-state index is -0.337. The predicted octanol–water partition coefficient (Wildman–Crippen LogP) is 4.08. The van der Waals surface area contributed by atoms with Crippen molar-refractivity contribution in [2.75, 3.05) is 12.4 Å². The topological polar surface area (TPSA) is 102 Å². The molecule has 4 aromatic rings. The van der Waals surface area contributed by atoms with Gasteiger partial charge in [0.05, 0.1) is 23.4 Å². The fraction of sp³-hybridized carbons (Fsp3) is 0.143. The van der Waals surface area contributed by atoms with E-state index in [2.05, 4.69) is 25.5 Å². The molecule has 30 heavy (non-hydrogen) atoms. The van der Waals surface area contributed by atoms with Crippen LogP contribution in [0.4, 0.5) is 5.95 Å². The molecule has 0 aliphatic heterocycles. The Morgan fingerprint density at radius 3 is 2.83 bits per heavy atom. The van der Waals surface area contributed by atoms with Crippen molar-refractivity contribution >= 4 is 23.2 Å². The summed E-state index contributed by atoms with van der Waals surface area (Å²) in [5.41, 5.74) is 2.04. The molecule has 152 valence electrons. The average molecular weight is 421 g/mol. The lowest BCUT2D eigenvalue weighted by Crippen LogP contribution is -2.13. The molecule has 0 atom stereocenters. The van der Waals surface area contributed by atoms with Crippen molar-refractivity contribution in [2.45, 2.75) is 13.5 Å². The normalized spacial score (nSPS) is 10.6. The number of methoxy groups -OCH3 is 1.